The van der Waals surface area contributed by atoms with Crippen LogP contribution in [0.4, 0.5) is 0 Å². The molecule has 0 bridgehead atoms. The van der Waals surface area contributed by atoms with Gasteiger partial charge in [0.25, 0.3) is 0 Å². The van der Waals surface area contributed by atoms with Crippen molar-refractivity contribution in [3.63, 3.8) is 0 Å². The number of unbranched alkanes of at least 4 members (excludes halogenated alkanes) is 2. The summed E-state index contributed by atoms with van der Waals surface area (Å²) in [6.45, 7) is 4.57. The Morgan fingerprint density at radius 3 is 1.40 bits per heavy atom. The molecule has 0 saturated carbocycles. The van der Waals surface area contributed by atoms with Gasteiger partial charge in [0.05, 0.1) is 0 Å². The van der Waals surface area contributed by atoms with Crippen molar-refractivity contribution in [2.24, 2.45) is 0 Å². The summed E-state index contributed by atoms with van der Waals surface area (Å²) in [4.78, 5) is 16.7. The second kappa shape index (κ2) is 29.3. The van der Waals surface area contributed by atoms with E-state index in [0.717, 1.165) is 12.2 Å². The molecule has 0 rings (SSSR count). The quantitative estimate of drug-likeness (QED) is 0.318. The van der Waals surface area contributed by atoms with Crippen molar-refractivity contribution in [2.75, 3.05) is 0 Å². The molecule has 0 aromatic carbocycles. The highest BCUT2D eigenvalue weighted by atomic mass is 28.2. The van der Waals surface area contributed by atoms with Crippen LogP contribution >= 0.6 is 0 Å². The lowest BCUT2D eigenvalue weighted by molar-refractivity contribution is 0.562. The molecular formula is C10H22N2O2Si. The first-order valence-corrected chi connectivity index (χ1v) is 7.32. The number of nitrogens with one attached hydrogen (secondary N) is 2. The van der Waals surface area contributed by atoms with E-state index in [1.54, 1.807) is 12.1 Å². The van der Waals surface area contributed by atoms with Crippen LogP contribution in [-0.4, -0.2) is 21.7 Å². The maximum Gasteiger partial charge on any atom is 0.231 e. The molecule has 5 heteroatoms. The summed E-state index contributed by atoms with van der Waals surface area (Å²) in [5, 5.41) is 10.8. The van der Waals surface area contributed by atoms with E-state index in [1.807, 2.05) is 0 Å². The molecule has 0 aliphatic carbocycles. The molecule has 0 heterocycles. The summed E-state index contributed by atoms with van der Waals surface area (Å²) in [5.41, 5.74) is 0. The molecule has 0 aliphatic heterocycles. The maximum atomic E-state index is 8.35. The van der Waals surface area contributed by atoms with Gasteiger partial charge >= 0.3 is 0 Å². The Hall–Kier alpha value is -1.02. The van der Waals surface area contributed by atoms with Gasteiger partial charge in [-0.05, 0) is 0 Å². The highest BCUT2D eigenvalue weighted by molar-refractivity contribution is 6.35. The molecule has 15 heavy (non-hydrogen) atoms. The zero-order chi connectivity index (χ0) is 12.4. The number of hydrogen-bond acceptors (Lipinski definition) is 4. The van der Waals surface area contributed by atoms with Crippen LogP contribution in [0.2, 0.25) is 12.1 Å². The molecule has 0 aliphatic rings. The summed E-state index contributed by atoms with van der Waals surface area (Å²) >= 11 is 0. The van der Waals surface area contributed by atoms with E-state index in [-0.39, 0.29) is 0 Å². The summed E-state index contributed by atoms with van der Waals surface area (Å²) < 4.78 is 0. The lowest BCUT2D eigenvalue weighted by Crippen LogP contribution is -1.87. The van der Waals surface area contributed by atoms with Crippen molar-refractivity contribution in [1.29, 1.82) is 10.8 Å². The number of rotatable bonds is 6. The summed E-state index contributed by atoms with van der Waals surface area (Å²) in [5.74, 6) is 0. The highest BCUT2D eigenvalue weighted by Crippen LogP contribution is 1.99. The minimum Gasteiger partial charge on any atom is -0.222 e. The fraction of sp³-hybridized carbons (Fsp3) is 0.800. The lowest BCUT2D eigenvalue weighted by Gasteiger charge is -1.95. The Kier molecular flexibility index (Phi) is 38.1. The van der Waals surface area contributed by atoms with Gasteiger partial charge in [-0.2, -0.15) is 0 Å². The van der Waals surface area contributed by atoms with Crippen LogP contribution in [-0.2, 0) is 9.59 Å². The molecule has 4 nitrogen and oxygen atoms in total. The standard InChI is InChI=1S/C8H20Si.2CHNO/c1-3-5-7-9-8-6-4-2;2*2-1-3/h3-9H2,1-2H3;2*2H. The van der Waals surface area contributed by atoms with Crippen molar-refractivity contribution in [1.82, 2.24) is 0 Å². The first-order chi connectivity index (χ1) is 7.24. The van der Waals surface area contributed by atoms with Gasteiger partial charge in [0, 0.05) is 9.52 Å². The monoisotopic (exact) mass is 230 g/mol. The summed E-state index contributed by atoms with van der Waals surface area (Å²) in [6.07, 6.45) is 7.30. The normalized spacial score (nSPS) is 7.07. The van der Waals surface area contributed by atoms with Gasteiger partial charge in [-0.25, -0.2) is 20.4 Å². The third-order valence-corrected chi connectivity index (χ3v) is 3.71. The molecular weight excluding hydrogens is 208 g/mol. The molecule has 0 fully saturated rings. The molecule has 0 atom stereocenters. The zero-order valence-corrected chi connectivity index (χ0v) is 11.2. The minimum atomic E-state index is 0.389. The molecule has 88 valence electrons. The van der Waals surface area contributed by atoms with E-state index >= 15 is 0 Å². The predicted octanol–water partition coefficient (Wildman–Crippen LogP) is 2.39. The third-order valence-electron chi connectivity index (χ3n) is 1.71. The third kappa shape index (κ3) is 63.1. The SMILES string of the molecule is CCCC[SiH2]CCCC.N=C=O.N=C=O. The Morgan fingerprint density at radius 2 is 1.20 bits per heavy atom. The zero-order valence-electron chi connectivity index (χ0n) is 9.77. The Morgan fingerprint density at radius 1 is 0.933 bits per heavy atom. The van der Waals surface area contributed by atoms with Crippen molar-refractivity contribution < 1.29 is 9.59 Å². The minimum absolute atomic E-state index is 0.389. The van der Waals surface area contributed by atoms with Gasteiger partial charge < -0.3 is 0 Å². The Bertz CT molecular complexity index is 145. The molecule has 0 radical (unpaired) electrons. The van der Waals surface area contributed by atoms with Gasteiger partial charge in [-0.15, -0.1) is 0 Å². The van der Waals surface area contributed by atoms with Gasteiger partial charge in [0.2, 0.25) is 12.2 Å². The van der Waals surface area contributed by atoms with Gasteiger partial charge in [-0.1, -0.05) is 51.6 Å². The van der Waals surface area contributed by atoms with E-state index in [4.69, 9.17) is 20.4 Å². The largest absolute Gasteiger partial charge is 0.231 e. The second-order valence-corrected chi connectivity index (χ2v) is 5.09. The topological polar surface area (TPSA) is 81.8 Å². The fourth-order valence-corrected chi connectivity index (χ4v) is 3.09. The number of hydrogen-bond donors (Lipinski definition) is 2. The van der Waals surface area contributed by atoms with Crippen LogP contribution in [0.1, 0.15) is 39.5 Å². The average molecular weight is 230 g/mol. The number of carbonyl (C=O) groups excluding carboxylic acids is 2. The van der Waals surface area contributed by atoms with Crippen molar-refractivity contribution in [2.45, 2.75) is 51.6 Å². The first-order valence-electron chi connectivity index (χ1n) is 5.32. The fourth-order valence-electron chi connectivity index (χ4n) is 1.03. The second-order valence-electron chi connectivity index (χ2n) is 2.97. The lowest BCUT2D eigenvalue weighted by atomic mass is 10.4. The van der Waals surface area contributed by atoms with Crippen molar-refractivity contribution in [3.05, 3.63) is 0 Å². The van der Waals surface area contributed by atoms with Crippen LogP contribution in [0, 0.1) is 10.8 Å². The molecule has 0 unspecified atom stereocenters. The molecule has 0 amide bonds. The van der Waals surface area contributed by atoms with E-state index in [2.05, 4.69) is 13.8 Å². The Balaban J connectivity index is -0.000000200. The van der Waals surface area contributed by atoms with E-state index in [1.165, 1.54) is 25.7 Å². The first kappa shape index (κ1) is 19.5. The summed E-state index contributed by atoms with van der Waals surface area (Å²) in [6, 6.07) is 3.19. The molecule has 0 saturated heterocycles. The predicted molar refractivity (Wildman–Crippen MR) is 64.8 cm³/mol. The van der Waals surface area contributed by atoms with E-state index in [0.29, 0.717) is 9.52 Å². The van der Waals surface area contributed by atoms with Crippen LogP contribution in [0.5, 0.6) is 0 Å². The van der Waals surface area contributed by atoms with E-state index < -0.39 is 0 Å². The Labute approximate surface area is 94.3 Å². The molecule has 0 spiro atoms. The van der Waals surface area contributed by atoms with Crippen LogP contribution in [0.25, 0.3) is 0 Å². The molecule has 0 aromatic heterocycles. The smallest absolute Gasteiger partial charge is 0.222 e. The van der Waals surface area contributed by atoms with Crippen LogP contribution < -0.4 is 0 Å². The van der Waals surface area contributed by atoms with Crippen molar-refractivity contribution in [3.8, 4) is 0 Å². The maximum absolute atomic E-state index is 8.35. The van der Waals surface area contributed by atoms with Crippen LogP contribution in [0.3, 0.4) is 0 Å². The van der Waals surface area contributed by atoms with Crippen LogP contribution in [0.15, 0.2) is 0 Å². The van der Waals surface area contributed by atoms with Gasteiger partial charge in [0.15, 0.2) is 0 Å². The number of isocyanates is 2. The van der Waals surface area contributed by atoms with Crippen molar-refractivity contribution >= 4 is 21.7 Å². The van der Waals surface area contributed by atoms with Gasteiger partial charge in [-0.3, -0.25) is 0 Å². The van der Waals surface area contributed by atoms with E-state index in [9.17, 15) is 0 Å². The molecule has 2 N–H and O–H groups in total. The average Bonchev–Trinajstić information content (AvgIpc) is 2.20. The highest BCUT2D eigenvalue weighted by Gasteiger charge is 1.86. The summed E-state index contributed by atoms with van der Waals surface area (Å²) in [7, 11) is 0.389. The van der Waals surface area contributed by atoms with Gasteiger partial charge in [0.1, 0.15) is 0 Å². The molecule has 0 aromatic rings.